The molecule has 0 saturated heterocycles. The molecule has 1 N–H and O–H groups in total. The fraction of sp³-hybridized carbons (Fsp3) is 0.500. The molecule has 0 aromatic heterocycles. The summed E-state index contributed by atoms with van der Waals surface area (Å²) in [7, 11) is 1.56. The standard InChI is InChI=1S/C6H9NO2/c1-9-6-2-5(8)3-7-4-6/h2,7H,3-4H2,1H3. The average Bonchev–Trinajstić information content (AvgIpc) is 1.88. The van der Waals surface area contributed by atoms with Gasteiger partial charge in [0.05, 0.1) is 20.2 Å². The second-order valence-corrected chi connectivity index (χ2v) is 1.88. The first-order valence-corrected chi connectivity index (χ1v) is 2.81. The Balaban J connectivity index is 2.59. The number of carbonyl (C=O) groups excluding carboxylic acids is 1. The van der Waals surface area contributed by atoms with Crippen molar-refractivity contribution in [2.24, 2.45) is 0 Å². The average molecular weight is 127 g/mol. The van der Waals surface area contributed by atoms with E-state index in [9.17, 15) is 4.79 Å². The summed E-state index contributed by atoms with van der Waals surface area (Å²) in [6.45, 7) is 1.11. The summed E-state index contributed by atoms with van der Waals surface area (Å²) in [5.74, 6) is 0.796. The molecule has 0 unspecified atom stereocenters. The van der Waals surface area contributed by atoms with Gasteiger partial charge in [0, 0.05) is 6.08 Å². The molecular formula is C6H9NO2. The lowest BCUT2D eigenvalue weighted by molar-refractivity contribution is -0.114. The van der Waals surface area contributed by atoms with Crippen LogP contribution in [0.1, 0.15) is 0 Å². The number of rotatable bonds is 1. The van der Waals surface area contributed by atoms with Gasteiger partial charge >= 0.3 is 0 Å². The highest BCUT2D eigenvalue weighted by Crippen LogP contribution is 1.97. The van der Waals surface area contributed by atoms with E-state index in [2.05, 4.69) is 5.32 Å². The molecule has 3 heteroatoms. The maximum Gasteiger partial charge on any atom is 0.172 e. The van der Waals surface area contributed by atoms with Crippen molar-refractivity contribution in [1.29, 1.82) is 0 Å². The van der Waals surface area contributed by atoms with Crippen LogP contribution in [0.4, 0.5) is 0 Å². The van der Waals surface area contributed by atoms with Crippen molar-refractivity contribution in [3.05, 3.63) is 11.8 Å². The molecule has 50 valence electrons. The molecule has 1 heterocycles. The van der Waals surface area contributed by atoms with E-state index in [1.807, 2.05) is 0 Å². The van der Waals surface area contributed by atoms with E-state index in [0.717, 1.165) is 0 Å². The van der Waals surface area contributed by atoms with E-state index in [0.29, 0.717) is 18.8 Å². The number of ketones is 1. The minimum Gasteiger partial charge on any atom is -0.500 e. The lowest BCUT2D eigenvalue weighted by Gasteiger charge is -2.10. The molecule has 0 bridgehead atoms. The van der Waals surface area contributed by atoms with Crippen molar-refractivity contribution in [3.63, 3.8) is 0 Å². The normalized spacial score (nSPS) is 19.2. The highest BCUT2D eigenvalue weighted by atomic mass is 16.5. The fourth-order valence-corrected chi connectivity index (χ4v) is 0.722. The first-order valence-electron chi connectivity index (χ1n) is 2.81. The number of hydrogen-bond acceptors (Lipinski definition) is 3. The summed E-state index contributed by atoms with van der Waals surface area (Å²) >= 11 is 0. The van der Waals surface area contributed by atoms with Crippen LogP contribution in [0.25, 0.3) is 0 Å². The molecule has 1 rings (SSSR count). The van der Waals surface area contributed by atoms with Gasteiger partial charge in [0.2, 0.25) is 0 Å². The van der Waals surface area contributed by atoms with Crippen molar-refractivity contribution < 1.29 is 9.53 Å². The largest absolute Gasteiger partial charge is 0.500 e. The summed E-state index contributed by atoms with van der Waals surface area (Å²) in [6.07, 6.45) is 1.52. The number of nitrogens with one attached hydrogen (secondary N) is 1. The lowest BCUT2D eigenvalue weighted by atomic mass is 10.2. The van der Waals surface area contributed by atoms with Crippen molar-refractivity contribution in [1.82, 2.24) is 5.32 Å². The van der Waals surface area contributed by atoms with E-state index >= 15 is 0 Å². The maximum absolute atomic E-state index is 10.6. The Hall–Kier alpha value is -0.830. The van der Waals surface area contributed by atoms with Crippen LogP contribution in [-0.4, -0.2) is 26.0 Å². The molecule has 0 spiro atoms. The fourth-order valence-electron chi connectivity index (χ4n) is 0.722. The highest BCUT2D eigenvalue weighted by Gasteiger charge is 2.07. The van der Waals surface area contributed by atoms with Gasteiger partial charge < -0.3 is 10.1 Å². The molecule has 0 saturated carbocycles. The first kappa shape index (κ1) is 6.29. The van der Waals surface area contributed by atoms with Crippen molar-refractivity contribution in [2.75, 3.05) is 20.2 Å². The monoisotopic (exact) mass is 127 g/mol. The quantitative estimate of drug-likeness (QED) is 0.525. The Morgan fingerprint density at radius 1 is 1.67 bits per heavy atom. The molecule has 0 amide bonds. The van der Waals surface area contributed by atoms with Crippen LogP contribution in [0, 0.1) is 0 Å². The van der Waals surface area contributed by atoms with E-state index in [-0.39, 0.29) is 5.78 Å². The van der Waals surface area contributed by atoms with Gasteiger partial charge in [-0.3, -0.25) is 4.79 Å². The van der Waals surface area contributed by atoms with Crippen molar-refractivity contribution in [2.45, 2.75) is 0 Å². The van der Waals surface area contributed by atoms with Crippen LogP contribution in [-0.2, 0) is 9.53 Å². The van der Waals surface area contributed by atoms with Gasteiger partial charge in [-0.2, -0.15) is 0 Å². The Bertz CT molecular complexity index is 151. The SMILES string of the molecule is COC1=CC(=O)CNC1. The molecule has 0 fully saturated rings. The summed E-state index contributed by atoms with van der Waals surface area (Å²) in [5.41, 5.74) is 0. The molecule has 3 nitrogen and oxygen atoms in total. The Morgan fingerprint density at radius 3 is 2.89 bits per heavy atom. The molecule has 1 aliphatic rings. The Labute approximate surface area is 53.7 Å². The zero-order valence-electron chi connectivity index (χ0n) is 5.31. The van der Waals surface area contributed by atoms with Crippen LogP contribution in [0.5, 0.6) is 0 Å². The smallest absolute Gasteiger partial charge is 0.172 e. The van der Waals surface area contributed by atoms with Gasteiger partial charge in [0.1, 0.15) is 5.76 Å². The van der Waals surface area contributed by atoms with Crippen LogP contribution in [0.2, 0.25) is 0 Å². The minimum atomic E-state index is 0.0816. The molecule has 9 heavy (non-hydrogen) atoms. The van der Waals surface area contributed by atoms with Gasteiger partial charge in [-0.05, 0) is 0 Å². The minimum absolute atomic E-state index is 0.0816. The topological polar surface area (TPSA) is 38.3 Å². The maximum atomic E-state index is 10.6. The Morgan fingerprint density at radius 2 is 2.44 bits per heavy atom. The van der Waals surface area contributed by atoms with E-state index in [1.54, 1.807) is 7.11 Å². The van der Waals surface area contributed by atoms with E-state index in [4.69, 9.17) is 4.74 Å². The molecule has 0 aromatic rings. The van der Waals surface area contributed by atoms with Crippen molar-refractivity contribution in [3.8, 4) is 0 Å². The van der Waals surface area contributed by atoms with Gasteiger partial charge in [0.15, 0.2) is 5.78 Å². The van der Waals surface area contributed by atoms with Gasteiger partial charge in [-0.1, -0.05) is 0 Å². The Kier molecular flexibility index (Phi) is 1.85. The lowest BCUT2D eigenvalue weighted by Crippen LogP contribution is -2.29. The van der Waals surface area contributed by atoms with E-state index in [1.165, 1.54) is 6.08 Å². The summed E-state index contributed by atoms with van der Waals surface area (Å²) in [4.78, 5) is 10.6. The van der Waals surface area contributed by atoms with Crippen molar-refractivity contribution >= 4 is 5.78 Å². The van der Waals surface area contributed by atoms with Crippen LogP contribution in [0.15, 0.2) is 11.8 Å². The van der Waals surface area contributed by atoms with Gasteiger partial charge in [-0.15, -0.1) is 0 Å². The molecule has 0 atom stereocenters. The number of methoxy groups -OCH3 is 1. The summed E-state index contributed by atoms with van der Waals surface area (Å²) < 4.78 is 4.84. The number of carbonyl (C=O) groups is 1. The zero-order chi connectivity index (χ0) is 6.69. The number of ether oxygens (including phenoxy) is 1. The number of hydrogen-bond donors (Lipinski definition) is 1. The van der Waals surface area contributed by atoms with Crippen LogP contribution < -0.4 is 5.32 Å². The van der Waals surface area contributed by atoms with Crippen LogP contribution >= 0.6 is 0 Å². The molecule has 0 aromatic carbocycles. The second kappa shape index (κ2) is 2.64. The highest BCUT2D eigenvalue weighted by molar-refractivity contribution is 5.92. The van der Waals surface area contributed by atoms with Gasteiger partial charge in [-0.25, -0.2) is 0 Å². The third kappa shape index (κ3) is 1.54. The predicted molar refractivity (Wildman–Crippen MR) is 33.0 cm³/mol. The zero-order valence-corrected chi connectivity index (χ0v) is 5.31. The summed E-state index contributed by atoms with van der Waals surface area (Å²) in [6, 6.07) is 0. The van der Waals surface area contributed by atoms with Gasteiger partial charge in [0.25, 0.3) is 0 Å². The third-order valence-corrected chi connectivity index (χ3v) is 1.18. The second-order valence-electron chi connectivity index (χ2n) is 1.88. The van der Waals surface area contributed by atoms with Crippen LogP contribution in [0.3, 0.4) is 0 Å². The molecule has 0 radical (unpaired) electrons. The molecule has 1 aliphatic heterocycles. The summed E-state index contributed by atoms with van der Waals surface area (Å²) in [5, 5.41) is 2.89. The molecular weight excluding hydrogens is 118 g/mol. The predicted octanol–water partition coefficient (Wildman–Crippen LogP) is -0.311. The first-order chi connectivity index (χ1) is 4.33. The van der Waals surface area contributed by atoms with E-state index < -0.39 is 0 Å². The third-order valence-electron chi connectivity index (χ3n) is 1.18. The molecule has 0 aliphatic carbocycles.